The van der Waals surface area contributed by atoms with Crippen LogP contribution in [-0.2, 0) is 11.3 Å². The Labute approximate surface area is 142 Å². The molecule has 0 atom stereocenters. The van der Waals surface area contributed by atoms with Crippen molar-refractivity contribution >= 4 is 11.6 Å². The van der Waals surface area contributed by atoms with Gasteiger partial charge in [-0.15, -0.1) is 0 Å². The number of likely N-dealkylation sites (N-methyl/N-ethyl adjacent to an activating group) is 1. The highest BCUT2D eigenvalue weighted by Gasteiger charge is 2.10. The number of benzene rings is 2. The van der Waals surface area contributed by atoms with Crippen LogP contribution in [0, 0.1) is 11.3 Å². The minimum Gasteiger partial charge on any atom is -0.497 e. The summed E-state index contributed by atoms with van der Waals surface area (Å²) in [7, 11) is 1.61. The van der Waals surface area contributed by atoms with Crippen molar-refractivity contribution in [1.29, 1.82) is 5.26 Å². The maximum atomic E-state index is 12.2. The van der Waals surface area contributed by atoms with Gasteiger partial charge in [-0.2, -0.15) is 5.26 Å². The van der Waals surface area contributed by atoms with Gasteiger partial charge >= 0.3 is 0 Å². The van der Waals surface area contributed by atoms with Crippen LogP contribution in [0.25, 0.3) is 0 Å². The molecule has 0 aromatic heterocycles. The van der Waals surface area contributed by atoms with Crippen molar-refractivity contribution in [2.45, 2.75) is 13.5 Å². The van der Waals surface area contributed by atoms with Crippen molar-refractivity contribution in [2.75, 3.05) is 25.5 Å². The number of rotatable bonds is 7. The lowest BCUT2D eigenvalue weighted by atomic mass is 10.1. The van der Waals surface area contributed by atoms with Crippen molar-refractivity contribution in [3.63, 3.8) is 0 Å². The van der Waals surface area contributed by atoms with Crippen LogP contribution < -0.4 is 10.1 Å². The number of carbonyl (C=O) groups excluding carboxylic acids is 1. The van der Waals surface area contributed by atoms with Gasteiger partial charge < -0.3 is 10.1 Å². The summed E-state index contributed by atoms with van der Waals surface area (Å²) in [4.78, 5) is 14.2. The first kappa shape index (κ1) is 17.5. The molecular formula is C19H21N3O2. The molecule has 0 radical (unpaired) electrons. The van der Waals surface area contributed by atoms with Crippen molar-refractivity contribution in [2.24, 2.45) is 0 Å². The van der Waals surface area contributed by atoms with Gasteiger partial charge in [0.2, 0.25) is 5.91 Å². The van der Waals surface area contributed by atoms with Crippen LogP contribution in [-0.4, -0.2) is 31.0 Å². The van der Waals surface area contributed by atoms with Crippen LogP contribution in [0.15, 0.2) is 48.5 Å². The fourth-order valence-corrected chi connectivity index (χ4v) is 2.35. The number of ether oxygens (including phenoxy) is 1. The molecule has 24 heavy (non-hydrogen) atoms. The average molecular weight is 323 g/mol. The lowest BCUT2D eigenvalue weighted by Crippen LogP contribution is -2.32. The lowest BCUT2D eigenvalue weighted by molar-refractivity contribution is -0.117. The summed E-state index contributed by atoms with van der Waals surface area (Å²) in [6.45, 7) is 3.67. The Kier molecular flexibility index (Phi) is 6.35. The van der Waals surface area contributed by atoms with Crippen LogP contribution in [0.3, 0.4) is 0 Å². The molecule has 2 rings (SSSR count). The highest BCUT2D eigenvalue weighted by atomic mass is 16.5. The van der Waals surface area contributed by atoms with E-state index >= 15 is 0 Å². The van der Waals surface area contributed by atoms with Crippen molar-refractivity contribution < 1.29 is 9.53 Å². The maximum absolute atomic E-state index is 12.2. The summed E-state index contributed by atoms with van der Waals surface area (Å²) in [5.41, 5.74) is 2.39. The second-order valence-corrected chi connectivity index (χ2v) is 5.39. The van der Waals surface area contributed by atoms with Crippen LogP contribution in [0.4, 0.5) is 5.69 Å². The zero-order chi connectivity index (χ0) is 17.4. The van der Waals surface area contributed by atoms with E-state index in [0.717, 1.165) is 23.5 Å². The minimum absolute atomic E-state index is 0.0709. The van der Waals surface area contributed by atoms with E-state index in [-0.39, 0.29) is 5.91 Å². The standard InChI is InChI=1S/C19H21N3O2/c1-3-22(13-16-6-4-5-15(11-16)12-20)14-19(23)21-17-7-9-18(24-2)10-8-17/h4-11H,3,13-14H2,1-2H3,(H,21,23). The van der Waals surface area contributed by atoms with Gasteiger partial charge in [0.25, 0.3) is 0 Å². The molecule has 0 saturated carbocycles. The minimum atomic E-state index is -0.0709. The monoisotopic (exact) mass is 323 g/mol. The molecular weight excluding hydrogens is 302 g/mol. The fourth-order valence-electron chi connectivity index (χ4n) is 2.35. The van der Waals surface area contributed by atoms with E-state index in [2.05, 4.69) is 11.4 Å². The Morgan fingerprint density at radius 1 is 1.25 bits per heavy atom. The number of carbonyl (C=O) groups is 1. The Bertz CT molecular complexity index is 720. The molecule has 0 fully saturated rings. The summed E-state index contributed by atoms with van der Waals surface area (Å²) in [6, 6.07) is 16.8. The molecule has 5 heteroatoms. The van der Waals surface area contributed by atoms with Gasteiger partial charge in [0.1, 0.15) is 5.75 Å². The molecule has 0 aliphatic carbocycles. The first-order valence-electron chi connectivity index (χ1n) is 7.80. The summed E-state index contributed by atoms with van der Waals surface area (Å²) in [5, 5.41) is 11.8. The van der Waals surface area contributed by atoms with E-state index in [1.165, 1.54) is 0 Å². The van der Waals surface area contributed by atoms with Crippen LogP contribution in [0.5, 0.6) is 5.75 Å². The van der Waals surface area contributed by atoms with E-state index in [9.17, 15) is 4.79 Å². The van der Waals surface area contributed by atoms with Gasteiger partial charge in [0.05, 0.1) is 25.3 Å². The van der Waals surface area contributed by atoms with Gasteiger partial charge in [0.15, 0.2) is 0 Å². The smallest absolute Gasteiger partial charge is 0.238 e. The number of hydrogen-bond donors (Lipinski definition) is 1. The number of methoxy groups -OCH3 is 1. The summed E-state index contributed by atoms with van der Waals surface area (Å²) in [6.07, 6.45) is 0. The van der Waals surface area contributed by atoms with E-state index in [4.69, 9.17) is 10.00 Å². The molecule has 0 aliphatic rings. The van der Waals surface area contributed by atoms with E-state index in [0.29, 0.717) is 18.7 Å². The van der Waals surface area contributed by atoms with Crippen molar-refractivity contribution in [3.8, 4) is 11.8 Å². The quantitative estimate of drug-likeness (QED) is 0.850. The number of hydrogen-bond acceptors (Lipinski definition) is 4. The number of amides is 1. The maximum Gasteiger partial charge on any atom is 0.238 e. The first-order chi connectivity index (χ1) is 11.6. The van der Waals surface area contributed by atoms with Gasteiger partial charge in [-0.25, -0.2) is 0 Å². The first-order valence-corrected chi connectivity index (χ1v) is 7.80. The SMILES string of the molecule is CCN(CC(=O)Nc1ccc(OC)cc1)Cc1cccc(C#N)c1. The molecule has 0 aliphatic heterocycles. The van der Waals surface area contributed by atoms with Gasteiger partial charge in [0, 0.05) is 12.2 Å². The number of nitrogens with zero attached hydrogens (tertiary/aromatic N) is 2. The topological polar surface area (TPSA) is 65.4 Å². The lowest BCUT2D eigenvalue weighted by Gasteiger charge is -2.20. The van der Waals surface area contributed by atoms with Crippen LogP contribution in [0.1, 0.15) is 18.1 Å². The Balaban J connectivity index is 1.93. The van der Waals surface area contributed by atoms with E-state index < -0.39 is 0 Å². The third-order valence-corrected chi connectivity index (χ3v) is 3.65. The highest BCUT2D eigenvalue weighted by molar-refractivity contribution is 5.92. The normalized spacial score (nSPS) is 10.2. The number of nitriles is 1. The Hall–Kier alpha value is -2.84. The molecule has 2 aromatic carbocycles. The van der Waals surface area contributed by atoms with Crippen molar-refractivity contribution in [1.82, 2.24) is 4.90 Å². The fraction of sp³-hybridized carbons (Fsp3) is 0.263. The summed E-state index contributed by atoms with van der Waals surface area (Å²) >= 11 is 0. The molecule has 1 amide bonds. The molecule has 0 spiro atoms. The zero-order valence-electron chi connectivity index (χ0n) is 14.0. The van der Waals surface area contributed by atoms with Crippen molar-refractivity contribution in [3.05, 3.63) is 59.7 Å². The molecule has 2 aromatic rings. The molecule has 0 unspecified atom stereocenters. The van der Waals surface area contributed by atoms with E-state index in [1.807, 2.05) is 42.2 Å². The molecule has 0 saturated heterocycles. The summed E-state index contributed by atoms with van der Waals surface area (Å²) < 4.78 is 5.10. The highest BCUT2D eigenvalue weighted by Crippen LogP contribution is 2.15. The van der Waals surface area contributed by atoms with Gasteiger partial charge in [-0.1, -0.05) is 19.1 Å². The predicted octanol–water partition coefficient (Wildman–Crippen LogP) is 3.03. The van der Waals surface area contributed by atoms with Gasteiger partial charge in [-0.05, 0) is 48.5 Å². The zero-order valence-corrected chi connectivity index (χ0v) is 14.0. The third kappa shape index (κ3) is 5.11. The third-order valence-electron chi connectivity index (χ3n) is 3.65. The Morgan fingerprint density at radius 2 is 2.00 bits per heavy atom. The second kappa shape index (κ2) is 8.70. The number of anilines is 1. The second-order valence-electron chi connectivity index (χ2n) is 5.39. The van der Waals surface area contributed by atoms with Gasteiger partial charge in [-0.3, -0.25) is 9.69 Å². The molecule has 0 heterocycles. The number of nitrogens with one attached hydrogen (secondary N) is 1. The molecule has 1 N–H and O–H groups in total. The summed E-state index contributed by atoms with van der Waals surface area (Å²) in [5.74, 6) is 0.680. The average Bonchev–Trinajstić information content (AvgIpc) is 2.62. The molecule has 5 nitrogen and oxygen atoms in total. The molecule has 124 valence electrons. The molecule has 0 bridgehead atoms. The largest absolute Gasteiger partial charge is 0.497 e. The van der Waals surface area contributed by atoms with Crippen LogP contribution in [0.2, 0.25) is 0 Å². The predicted molar refractivity (Wildman–Crippen MR) is 93.7 cm³/mol. The Morgan fingerprint density at radius 3 is 2.62 bits per heavy atom. The van der Waals surface area contributed by atoms with Crippen LogP contribution >= 0.6 is 0 Å². The van der Waals surface area contributed by atoms with E-state index in [1.54, 1.807) is 25.3 Å².